The van der Waals surface area contributed by atoms with Crippen molar-refractivity contribution < 1.29 is 9.66 Å². The summed E-state index contributed by atoms with van der Waals surface area (Å²) in [5, 5.41) is 14.0. The Bertz CT molecular complexity index is 413. The van der Waals surface area contributed by atoms with Crippen molar-refractivity contribution in [2.45, 2.75) is 6.42 Å². The highest BCUT2D eigenvalue weighted by Gasteiger charge is 2.13. The van der Waals surface area contributed by atoms with Gasteiger partial charge in [-0.3, -0.25) is 10.1 Å². The molecule has 0 saturated heterocycles. The molecule has 0 fully saturated rings. The van der Waals surface area contributed by atoms with Crippen molar-refractivity contribution in [3.05, 3.63) is 28.3 Å². The fourth-order valence-electron chi connectivity index (χ4n) is 1.56. The fraction of sp³-hybridized carbons (Fsp3) is 0.500. The number of hydrogen-bond donors (Lipinski definition) is 1. The third-order valence-electron chi connectivity index (χ3n) is 2.50. The first-order valence-electron chi connectivity index (χ1n) is 5.75. The van der Waals surface area contributed by atoms with Gasteiger partial charge in [-0.15, -0.1) is 12.4 Å². The van der Waals surface area contributed by atoms with Gasteiger partial charge >= 0.3 is 0 Å². The third-order valence-corrected chi connectivity index (χ3v) is 2.50. The van der Waals surface area contributed by atoms with Gasteiger partial charge in [0.25, 0.3) is 5.69 Å². The lowest BCUT2D eigenvalue weighted by Gasteiger charge is -2.11. The molecule has 0 aliphatic carbocycles. The Balaban J connectivity index is 0.00000324. The van der Waals surface area contributed by atoms with Gasteiger partial charge in [0.1, 0.15) is 11.4 Å². The number of rotatable bonds is 7. The average molecular weight is 290 g/mol. The number of nitrogens with zero attached hydrogens (tertiary/aromatic N) is 2. The van der Waals surface area contributed by atoms with Crippen molar-refractivity contribution in [1.82, 2.24) is 4.90 Å². The molecule has 0 aromatic heterocycles. The van der Waals surface area contributed by atoms with Gasteiger partial charge in [0, 0.05) is 18.7 Å². The van der Waals surface area contributed by atoms with Gasteiger partial charge in [-0.2, -0.15) is 0 Å². The van der Waals surface area contributed by atoms with E-state index in [1.807, 2.05) is 14.1 Å². The molecule has 0 atom stereocenters. The van der Waals surface area contributed by atoms with E-state index in [0.29, 0.717) is 18.0 Å². The largest absolute Gasteiger partial charge is 0.497 e. The van der Waals surface area contributed by atoms with Crippen LogP contribution in [0, 0.1) is 10.1 Å². The Kier molecular flexibility index (Phi) is 7.86. The molecule has 108 valence electrons. The quantitative estimate of drug-likeness (QED) is 0.474. The van der Waals surface area contributed by atoms with Crippen LogP contribution in [0.3, 0.4) is 0 Å². The van der Waals surface area contributed by atoms with Crippen LogP contribution < -0.4 is 10.1 Å². The predicted octanol–water partition coefficient (Wildman–Crippen LogP) is 2.39. The lowest BCUT2D eigenvalue weighted by Crippen LogP contribution is -2.16. The van der Waals surface area contributed by atoms with Crippen LogP contribution in [0.15, 0.2) is 18.2 Å². The molecule has 0 radical (unpaired) electrons. The number of nitro groups is 1. The Morgan fingerprint density at radius 2 is 2.11 bits per heavy atom. The van der Waals surface area contributed by atoms with Gasteiger partial charge in [0.2, 0.25) is 0 Å². The Morgan fingerprint density at radius 3 is 2.63 bits per heavy atom. The Morgan fingerprint density at radius 1 is 1.42 bits per heavy atom. The second-order valence-corrected chi connectivity index (χ2v) is 4.22. The monoisotopic (exact) mass is 289 g/mol. The van der Waals surface area contributed by atoms with Crippen LogP contribution >= 0.6 is 12.4 Å². The lowest BCUT2D eigenvalue weighted by molar-refractivity contribution is -0.384. The van der Waals surface area contributed by atoms with Crippen LogP contribution in [0.1, 0.15) is 6.42 Å². The smallest absolute Gasteiger partial charge is 0.292 e. The average Bonchev–Trinajstić information content (AvgIpc) is 2.33. The molecule has 1 rings (SSSR count). The molecule has 0 aliphatic rings. The summed E-state index contributed by atoms with van der Waals surface area (Å²) in [5.41, 5.74) is 0.568. The topological polar surface area (TPSA) is 67.6 Å². The first kappa shape index (κ1) is 17.5. The Hall–Kier alpha value is -1.53. The molecular weight excluding hydrogens is 270 g/mol. The second-order valence-electron chi connectivity index (χ2n) is 4.22. The van der Waals surface area contributed by atoms with E-state index in [1.165, 1.54) is 13.2 Å². The maximum atomic E-state index is 10.9. The highest BCUT2D eigenvalue weighted by molar-refractivity contribution is 5.85. The van der Waals surface area contributed by atoms with E-state index < -0.39 is 4.92 Å². The molecule has 1 aromatic rings. The molecule has 0 unspecified atom stereocenters. The number of benzene rings is 1. The zero-order valence-electron chi connectivity index (χ0n) is 11.4. The molecule has 7 heteroatoms. The van der Waals surface area contributed by atoms with Gasteiger partial charge < -0.3 is 15.0 Å². The number of anilines is 1. The minimum Gasteiger partial charge on any atom is -0.497 e. The van der Waals surface area contributed by atoms with Gasteiger partial charge in [-0.25, -0.2) is 0 Å². The summed E-state index contributed by atoms with van der Waals surface area (Å²) < 4.78 is 5.06. The van der Waals surface area contributed by atoms with E-state index in [9.17, 15) is 10.1 Å². The molecule has 0 amide bonds. The summed E-state index contributed by atoms with van der Waals surface area (Å²) in [7, 11) is 5.53. The molecule has 1 aromatic carbocycles. The van der Waals surface area contributed by atoms with E-state index in [1.54, 1.807) is 12.1 Å². The standard InChI is InChI=1S/C12H19N3O3.ClH/c1-14(2)8-4-7-13-11-9-10(18-3)5-6-12(11)15(16)17;/h5-6,9,13H,4,7-8H2,1-3H3;1H. The van der Waals surface area contributed by atoms with Gasteiger partial charge in [-0.05, 0) is 33.1 Å². The molecule has 19 heavy (non-hydrogen) atoms. The van der Waals surface area contributed by atoms with Crippen molar-refractivity contribution in [2.75, 3.05) is 39.6 Å². The van der Waals surface area contributed by atoms with Crippen molar-refractivity contribution in [2.24, 2.45) is 0 Å². The molecule has 1 N–H and O–H groups in total. The van der Waals surface area contributed by atoms with E-state index in [0.717, 1.165) is 13.0 Å². The van der Waals surface area contributed by atoms with Crippen molar-refractivity contribution >= 4 is 23.8 Å². The molecule has 0 spiro atoms. The first-order valence-corrected chi connectivity index (χ1v) is 5.75. The van der Waals surface area contributed by atoms with Crippen LogP contribution in [0.25, 0.3) is 0 Å². The van der Waals surface area contributed by atoms with Crippen LogP contribution in [0.2, 0.25) is 0 Å². The summed E-state index contributed by atoms with van der Waals surface area (Å²) >= 11 is 0. The molecule has 0 bridgehead atoms. The van der Waals surface area contributed by atoms with Crippen molar-refractivity contribution in [3.63, 3.8) is 0 Å². The zero-order valence-corrected chi connectivity index (χ0v) is 12.2. The highest BCUT2D eigenvalue weighted by Crippen LogP contribution is 2.28. The second kappa shape index (κ2) is 8.55. The van der Waals surface area contributed by atoms with E-state index in [2.05, 4.69) is 10.2 Å². The van der Waals surface area contributed by atoms with Crippen molar-refractivity contribution in [1.29, 1.82) is 0 Å². The molecule has 0 saturated carbocycles. The molecule has 0 heterocycles. The number of nitrogens with one attached hydrogen (secondary N) is 1. The van der Waals surface area contributed by atoms with Crippen molar-refractivity contribution in [3.8, 4) is 5.75 Å². The van der Waals surface area contributed by atoms with E-state index in [4.69, 9.17) is 4.74 Å². The summed E-state index contributed by atoms with van der Waals surface area (Å²) in [6, 6.07) is 4.68. The van der Waals surface area contributed by atoms with Crippen LogP contribution in [0.5, 0.6) is 5.75 Å². The maximum absolute atomic E-state index is 10.9. The first-order chi connectivity index (χ1) is 8.54. The van der Waals surface area contributed by atoms with Gasteiger partial charge in [0.15, 0.2) is 0 Å². The third kappa shape index (κ3) is 5.76. The molecule has 6 nitrogen and oxygen atoms in total. The van der Waals surface area contributed by atoms with E-state index >= 15 is 0 Å². The summed E-state index contributed by atoms with van der Waals surface area (Å²) in [6.45, 7) is 1.62. The predicted molar refractivity (Wildman–Crippen MR) is 78.6 cm³/mol. The zero-order chi connectivity index (χ0) is 13.5. The number of halogens is 1. The summed E-state index contributed by atoms with van der Waals surface area (Å²) in [6.07, 6.45) is 0.918. The minimum absolute atomic E-state index is 0. The number of ether oxygens (including phenoxy) is 1. The number of nitro benzene ring substituents is 1. The fourth-order valence-corrected chi connectivity index (χ4v) is 1.56. The maximum Gasteiger partial charge on any atom is 0.292 e. The van der Waals surface area contributed by atoms with Gasteiger partial charge in [0.05, 0.1) is 12.0 Å². The highest BCUT2D eigenvalue weighted by atomic mass is 35.5. The molecular formula is C12H20ClN3O3. The number of hydrogen-bond acceptors (Lipinski definition) is 5. The Labute approximate surface area is 119 Å². The van der Waals surface area contributed by atoms with Crippen LogP contribution in [-0.2, 0) is 0 Å². The lowest BCUT2D eigenvalue weighted by atomic mass is 10.2. The summed E-state index contributed by atoms with van der Waals surface area (Å²) in [4.78, 5) is 12.6. The number of methoxy groups -OCH3 is 1. The molecule has 0 aliphatic heterocycles. The van der Waals surface area contributed by atoms with Gasteiger partial charge in [-0.1, -0.05) is 0 Å². The minimum atomic E-state index is -0.395. The normalized spacial score (nSPS) is 9.89. The SMILES string of the molecule is COc1ccc([N+](=O)[O-])c(NCCCN(C)C)c1.Cl. The van der Waals surface area contributed by atoms with Crippen LogP contribution in [-0.4, -0.2) is 44.1 Å². The van der Waals surface area contributed by atoms with E-state index in [-0.39, 0.29) is 18.1 Å². The summed E-state index contributed by atoms with van der Waals surface area (Å²) in [5.74, 6) is 0.607. The van der Waals surface area contributed by atoms with Crippen LogP contribution in [0.4, 0.5) is 11.4 Å².